The third kappa shape index (κ3) is 3.38. The third-order valence-electron chi connectivity index (χ3n) is 3.03. The van der Waals surface area contributed by atoms with Crippen molar-refractivity contribution in [3.05, 3.63) is 0 Å². The Hall–Kier alpha value is 0.350. The first kappa shape index (κ1) is 10.4. The minimum absolute atomic E-state index is 0.424. The minimum atomic E-state index is 0.424. The lowest BCUT2D eigenvalue weighted by Gasteiger charge is -2.32. The molecular formula is C11H22S. The van der Waals surface area contributed by atoms with Gasteiger partial charge in [0, 0.05) is 4.75 Å². The summed E-state index contributed by atoms with van der Waals surface area (Å²) < 4.78 is 0.424. The van der Waals surface area contributed by atoms with Crippen LogP contribution in [0.3, 0.4) is 0 Å². The van der Waals surface area contributed by atoms with Crippen molar-refractivity contribution < 1.29 is 0 Å². The van der Waals surface area contributed by atoms with E-state index in [2.05, 4.69) is 6.92 Å². The van der Waals surface area contributed by atoms with Crippen LogP contribution in [0.15, 0.2) is 0 Å². The molecule has 0 spiro atoms. The first-order chi connectivity index (χ1) is 5.77. The van der Waals surface area contributed by atoms with Gasteiger partial charge in [0.25, 0.3) is 0 Å². The van der Waals surface area contributed by atoms with Crippen LogP contribution < -0.4 is 0 Å². The van der Waals surface area contributed by atoms with Crippen molar-refractivity contribution in [2.24, 2.45) is 0 Å². The Morgan fingerprint density at radius 1 is 1.08 bits per heavy atom. The molecule has 0 radical (unpaired) electrons. The Morgan fingerprint density at radius 2 is 1.75 bits per heavy atom. The van der Waals surface area contributed by atoms with Crippen LogP contribution in [0, 0.1) is 0 Å². The topological polar surface area (TPSA) is 0 Å². The van der Waals surface area contributed by atoms with Crippen molar-refractivity contribution in [3.63, 3.8) is 0 Å². The molecule has 1 rings (SSSR count). The Labute approximate surface area is 82.5 Å². The highest BCUT2D eigenvalue weighted by molar-refractivity contribution is 7.81. The Balaban J connectivity index is 2.17. The lowest BCUT2D eigenvalue weighted by atomic mass is 9.84. The normalized spacial score (nSPS) is 22.5. The summed E-state index contributed by atoms with van der Waals surface area (Å²) in [7, 11) is 0. The molecule has 1 aliphatic carbocycles. The van der Waals surface area contributed by atoms with Gasteiger partial charge < -0.3 is 0 Å². The Bertz CT molecular complexity index is 114. The Morgan fingerprint density at radius 3 is 2.33 bits per heavy atom. The SMILES string of the molecule is CCCCCC1(S)CCCCC1. The van der Waals surface area contributed by atoms with Gasteiger partial charge in [-0.2, -0.15) is 12.6 Å². The molecule has 0 nitrogen and oxygen atoms in total. The fourth-order valence-electron chi connectivity index (χ4n) is 2.16. The molecule has 0 aromatic heterocycles. The average Bonchev–Trinajstić information content (AvgIpc) is 2.06. The standard InChI is InChI=1S/C11H22S/c1-2-3-5-8-11(12)9-6-4-7-10-11/h12H,2-10H2,1H3. The summed E-state index contributed by atoms with van der Waals surface area (Å²) in [5, 5.41) is 0. The zero-order valence-electron chi connectivity index (χ0n) is 8.31. The predicted octanol–water partition coefficient (Wildman–Crippen LogP) is 4.20. The lowest BCUT2D eigenvalue weighted by Crippen LogP contribution is -2.24. The summed E-state index contributed by atoms with van der Waals surface area (Å²) in [5.74, 6) is 0. The van der Waals surface area contributed by atoms with E-state index in [0.29, 0.717) is 4.75 Å². The molecule has 0 amide bonds. The highest BCUT2D eigenvalue weighted by Gasteiger charge is 2.26. The highest BCUT2D eigenvalue weighted by Crippen LogP contribution is 2.37. The number of rotatable bonds is 4. The van der Waals surface area contributed by atoms with E-state index in [1.807, 2.05) is 0 Å². The van der Waals surface area contributed by atoms with Crippen LogP contribution in [0.2, 0.25) is 0 Å². The fraction of sp³-hybridized carbons (Fsp3) is 1.00. The van der Waals surface area contributed by atoms with Gasteiger partial charge in [-0.1, -0.05) is 45.4 Å². The molecule has 1 fully saturated rings. The second-order valence-electron chi connectivity index (χ2n) is 4.24. The van der Waals surface area contributed by atoms with E-state index >= 15 is 0 Å². The molecule has 0 aromatic rings. The van der Waals surface area contributed by atoms with Crippen LogP contribution in [0.25, 0.3) is 0 Å². The van der Waals surface area contributed by atoms with Crippen LogP contribution in [-0.4, -0.2) is 4.75 Å². The summed E-state index contributed by atoms with van der Waals surface area (Å²) >= 11 is 4.82. The molecule has 0 atom stereocenters. The summed E-state index contributed by atoms with van der Waals surface area (Å²) in [6.07, 6.45) is 12.5. The van der Waals surface area contributed by atoms with Crippen LogP contribution in [0.5, 0.6) is 0 Å². The average molecular weight is 186 g/mol. The first-order valence-corrected chi connectivity index (χ1v) is 5.94. The summed E-state index contributed by atoms with van der Waals surface area (Å²) in [4.78, 5) is 0. The summed E-state index contributed by atoms with van der Waals surface area (Å²) in [5.41, 5.74) is 0. The van der Waals surface area contributed by atoms with Crippen LogP contribution in [0.1, 0.15) is 64.7 Å². The largest absolute Gasteiger partial charge is 0.173 e. The number of hydrogen-bond donors (Lipinski definition) is 1. The van der Waals surface area contributed by atoms with Gasteiger partial charge in [-0.05, 0) is 19.3 Å². The first-order valence-electron chi connectivity index (χ1n) is 5.49. The number of thiol groups is 1. The van der Waals surface area contributed by atoms with E-state index in [4.69, 9.17) is 12.6 Å². The molecule has 12 heavy (non-hydrogen) atoms. The molecular weight excluding hydrogens is 164 g/mol. The van der Waals surface area contributed by atoms with Crippen LogP contribution in [0.4, 0.5) is 0 Å². The molecule has 0 aromatic carbocycles. The molecule has 0 aliphatic heterocycles. The second-order valence-corrected chi connectivity index (χ2v) is 5.19. The molecule has 0 saturated heterocycles. The smallest absolute Gasteiger partial charge is 0.0130 e. The molecule has 0 N–H and O–H groups in total. The van der Waals surface area contributed by atoms with Crippen molar-refractivity contribution >= 4 is 12.6 Å². The van der Waals surface area contributed by atoms with Gasteiger partial charge in [0.1, 0.15) is 0 Å². The molecule has 1 saturated carbocycles. The maximum atomic E-state index is 4.82. The monoisotopic (exact) mass is 186 g/mol. The van der Waals surface area contributed by atoms with Gasteiger partial charge in [-0.3, -0.25) is 0 Å². The van der Waals surface area contributed by atoms with Gasteiger partial charge >= 0.3 is 0 Å². The maximum Gasteiger partial charge on any atom is 0.0130 e. The summed E-state index contributed by atoms with van der Waals surface area (Å²) in [6.45, 7) is 2.27. The van der Waals surface area contributed by atoms with Gasteiger partial charge in [-0.15, -0.1) is 0 Å². The van der Waals surface area contributed by atoms with Crippen LogP contribution in [-0.2, 0) is 0 Å². The quantitative estimate of drug-likeness (QED) is 0.494. The van der Waals surface area contributed by atoms with Crippen molar-refractivity contribution in [2.45, 2.75) is 69.5 Å². The van der Waals surface area contributed by atoms with Crippen molar-refractivity contribution in [1.82, 2.24) is 0 Å². The van der Waals surface area contributed by atoms with E-state index in [-0.39, 0.29) is 0 Å². The van der Waals surface area contributed by atoms with Gasteiger partial charge in [-0.25, -0.2) is 0 Å². The fourth-order valence-corrected chi connectivity index (χ4v) is 2.64. The maximum absolute atomic E-state index is 4.82. The van der Waals surface area contributed by atoms with Crippen LogP contribution >= 0.6 is 12.6 Å². The molecule has 1 aliphatic rings. The van der Waals surface area contributed by atoms with E-state index in [9.17, 15) is 0 Å². The van der Waals surface area contributed by atoms with Gasteiger partial charge in [0.15, 0.2) is 0 Å². The van der Waals surface area contributed by atoms with Gasteiger partial charge in [0.2, 0.25) is 0 Å². The van der Waals surface area contributed by atoms with Crippen molar-refractivity contribution in [2.75, 3.05) is 0 Å². The third-order valence-corrected chi connectivity index (χ3v) is 3.70. The van der Waals surface area contributed by atoms with E-state index < -0.39 is 0 Å². The van der Waals surface area contributed by atoms with Gasteiger partial charge in [0.05, 0.1) is 0 Å². The lowest BCUT2D eigenvalue weighted by molar-refractivity contribution is 0.370. The van der Waals surface area contributed by atoms with E-state index in [1.54, 1.807) is 0 Å². The highest BCUT2D eigenvalue weighted by atomic mass is 32.1. The van der Waals surface area contributed by atoms with E-state index in [1.165, 1.54) is 57.8 Å². The molecule has 72 valence electrons. The Kier molecular flexibility index (Phi) is 4.49. The molecule has 0 unspecified atom stereocenters. The second kappa shape index (κ2) is 5.16. The van der Waals surface area contributed by atoms with E-state index in [0.717, 1.165) is 0 Å². The summed E-state index contributed by atoms with van der Waals surface area (Å²) in [6, 6.07) is 0. The number of unbranched alkanes of at least 4 members (excludes halogenated alkanes) is 2. The zero-order chi connectivity index (χ0) is 8.86. The zero-order valence-corrected chi connectivity index (χ0v) is 9.21. The number of hydrogen-bond acceptors (Lipinski definition) is 1. The molecule has 1 heteroatoms. The van der Waals surface area contributed by atoms with Crippen molar-refractivity contribution in [3.8, 4) is 0 Å². The minimum Gasteiger partial charge on any atom is -0.173 e. The molecule has 0 heterocycles. The predicted molar refractivity (Wildman–Crippen MR) is 58.9 cm³/mol. The van der Waals surface area contributed by atoms with Crippen molar-refractivity contribution in [1.29, 1.82) is 0 Å². The molecule has 0 bridgehead atoms.